The summed E-state index contributed by atoms with van der Waals surface area (Å²) in [6.45, 7) is 0. The van der Waals surface area contributed by atoms with E-state index < -0.39 is 47.0 Å². The lowest BCUT2D eigenvalue weighted by molar-refractivity contribution is 0.477. The summed E-state index contributed by atoms with van der Waals surface area (Å²) in [5.41, 5.74) is -0.327. The Morgan fingerprint density at radius 1 is 1.00 bits per heavy atom. The van der Waals surface area contributed by atoms with Crippen molar-refractivity contribution in [3.8, 4) is 5.75 Å². The van der Waals surface area contributed by atoms with Gasteiger partial charge in [-0.3, -0.25) is 4.72 Å². The maximum Gasteiger partial charge on any atom is 0.233 e. The van der Waals surface area contributed by atoms with Crippen LogP contribution in [0.15, 0.2) is 23.1 Å². The molecule has 1 aromatic rings. The fourth-order valence-corrected chi connectivity index (χ4v) is 4.64. The standard InChI is InChI=1S/C10H15NO7S3/c1-19(13,14)5-6-21(17,18)11-9-7-8(20(2,15)16)3-4-10(9)12/h3-4,7,11-12H,5-6H2,1-2H3. The summed E-state index contributed by atoms with van der Waals surface area (Å²) in [5, 5.41) is 9.55. The summed E-state index contributed by atoms with van der Waals surface area (Å²) in [7, 11) is -11.1. The Labute approximate surface area is 123 Å². The van der Waals surface area contributed by atoms with Crippen molar-refractivity contribution in [2.24, 2.45) is 0 Å². The van der Waals surface area contributed by atoms with Crippen LogP contribution in [0.3, 0.4) is 0 Å². The molecule has 120 valence electrons. The maximum absolute atomic E-state index is 11.7. The lowest BCUT2D eigenvalue weighted by Crippen LogP contribution is -2.22. The lowest BCUT2D eigenvalue weighted by Gasteiger charge is -2.10. The Morgan fingerprint density at radius 2 is 1.57 bits per heavy atom. The van der Waals surface area contributed by atoms with Gasteiger partial charge in [-0.2, -0.15) is 0 Å². The number of phenols is 1. The van der Waals surface area contributed by atoms with E-state index in [4.69, 9.17) is 0 Å². The molecule has 21 heavy (non-hydrogen) atoms. The zero-order valence-electron chi connectivity index (χ0n) is 11.3. The first-order valence-corrected chi connectivity index (χ1v) is 11.1. The SMILES string of the molecule is CS(=O)(=O)CCS(=O)(=O)Nc1cc(S(C)(=O)=O)ccc1O. The summed E-state index contributed by atoms with van der Waals surface area (Å²) in [6.07, 6.45) is 1.82. The van der Waals surface area contributed by atoms with Gasteiger partial charge in [0.25, 0.3) is 0 Å². The van der Waals surface area contributed by atoms with Gasteiger partial charge < -0.3 is 5.11 Å². The number of sulfone groups is 2. The van der Waals surface area contributed by atoms with Crippen molar-refractivity contribution in [3.63, 3.8) is 0 Å². The molecule has 0 bridgehead atoms. The molecule has 0 aromatic heterocycles. The van der Waals surface area contributed by atoms with E-state index in [1.165, 1.54) is 0 Å². The minimum Gasteiger partial charge on any atom is -0.506 e. The number of hydrogen-bond acceptors (Lipinski definition) is 7. The fourth-order valence-electron chi connectivity index (χ4n) is 1.31. The van der Waals surface area contributed by atoms with Gasteiger partial charge >= 0.3 is 0 Å². The highest BCUT2D eigenvalue weighted by molar-refractivity contribution is 7.95. The molecule has 0 radical (unpaired) electrons. The van der Waals surface area contributed by atoms with Crippen LogP contribution in [-0.4, -0.2) is 54.4 Å². The van der Waals surface area contributed by atoms with E-state index in [9.17, 15) is 30.4 Å². The van der Waals surface area contributed by atoms with E-state index in [-0.39, 0.29) is 10.6 Å². The van der Waals surface area contributed by atoms with Crippen molar-refractivity contribution < 1.29 is 30.4 Å². The number of benzene rings is 1. The average molecular weight is 357 g/mol. The van der Waals surface area contributed by atoms with E-state index in [1.54, 1.807) is 0 Å². The number of nitrogens with one attached hydrogen (secondary N) is 1. The molecule has 0 unspecified atom stereocenters. The van der Waals surface area contributed by atoms with Gasteiger partial charge in [0.15, 0.2) is 9.84 Å². The number of phenolic OH excluding ortho intramolecular Hbond substituents is 1. The van der Waals surface area contributed by atoms with Crippen LogP contribution in [0.4, 0.5) is 5.69 Å². The number of aromatic hydroxyl groups is 1. The van der Waals surface area contributed by atoms with Crippen molar-refractivity contribution >= 4 is 35.4 Å². The van der Waals surface area contributed by atoms with E-state index in [0.29, 0.717) is 0 Å². The molecule has 11 heteroatoms. The van der Waals surface area contributed by atoms with Gasteiger partial charge in [-0.25, -0.2) is 25.3 Å². The van der Waals surface area contributed by atoms with Crippen LogP contribution in [0.1, 0.15) is 0 Å². The van der Waals surface area contributed by atoms with Gasteiger partial charge in [-0.05, 0) is 18.2 Å². The van der Waals surface area contributed by atoms with Crippen LogP contribution in [0, 0.1) is 0 Å². The fraction of sp³-hybridized carbons (Fsp3) is 0.400. The van der Waals surface area contributed by atoms with Gasteiger partial charge in [0.2, 0.25) is 10.0 Å². The van der Waals surface area contributed by atoms with Gasteiger partial charge in [-0.15, -0.1) is 0 Å². The van der Waals surface area contributed by atoms with E-state index in [2.05, 4.69) is 0 Å². The second-order valence-electron chi connectivity index (χ2n) is 4.50. The third-order valence-electron chi connectivity index (χ3n) is 2.38. The number of sulfonamides is 1. The molecule has 1 aromatic carbocycles. The van der Waals surface area contributed by atoms with Crippen LogP contribution >= 0.6 is 0 Å². The highest BCUT2D eigenvalue weighted by Gasteiger charge is 2.18. The summed E-state index contributed by atoms with van der Waals surface area (Å²) in [4.78, 5) is -0.180. The summed E-state index contributed by atoms with van der Waals surface area (Å²) in [5.74, 6) is -1.76. The highest BCUT2D eigenvalue weighted by Crippen LogP contribution is 2.27. The molecule has 0 atom stereocenters. The van der Waals surface area contributed by atoms with Crippen LogP contribution in [0.25, 0.3) is 0 Å². The molecule has 0 aliphatic carbocycles. The minimum absolute atomic E-state index is 0.180. The van der Waals surface area contributed by atoms with Gasteiger partial charge in [0.05, 0.1) is 22.1 Å². The molecule has 8 nitrogen and oxygen atoms in total. The first kappa shape index (κ1) is 17.7. The molecule has 0 fully saturated rings. The van der Waals surface area contributed by atoms with Gasteiger partial charge in [0.1, 0.15) is 15.6 Å². The van der Waals surface area contributed by atoms with E-state index >= 15 is 0 Å². The first-order valence-electron chi connectivity index (χ1n) is 5.51. The molecule has 1 rings (SSSR count). The molecule has 0 saturated heterocycles. The van der Waals surface area contributed by atoms with Crippen LogP contribution < -0.4 is 4.72 Å². The number of rotatable bonds is 6. The predicted molar refractivity (Wildman–Crippen MR) is 78.3 cm³/mol. The number of hydrogen-bond donors (Lipinski definition) is 2. The zero-order chi connectivity index (χ0) is 16.5. The molecule has 0 spiro atoms. The molecule has 0 heterocycles. The summed E-state index contributed by atoms with van der Waals surface area (Å²) in [6, 6.07) is 3.12. The van der Waals surface area contributed by atoms with Crippen molar-refractivity contribution in [3.05, 3.63) is 18.2 Å². The van der Waals surface area contributed by atoms with E-state index in [1.807, 2.05) is 4.72 Å². The van der Waals surface area contributed by atoms with Crippen molar-refractivity contribution in [2.75, 3.05) is 28.7 Å². The van der Waals surface area contributed by atoms with Gasteiger partial charge in [0, 0.05) is 12.5 Å². The first-order chi connectivity index (χ1) is 9.30. The monoisotopic (exact) mass is 357 g/mol. The van der Waals surface area contributed by atoms with Crippen LogP contribution in [0.5, 0.6) is 5.75 Å². The quantitative estimate of drug-likeness (QED) is 0.660. The largest absolute Gasteiger partial charge is 0.506 e. The molecular formula is C10H15NO7S3. The lowest BCUT2D eigenvalue weighted by atomic mass is 10.3. The van der Waals surface area contributed by atoms with Crippen molar-refractivity contribution in [1.82, 2.24) is 0 Å². The van der Waals surface area contributed by atoms with Crippen LogP contribution in [0.2, 0.25) is 0 Å². The molecule has 0 aliphatic rings. The smallest absolute Gasteiger partial charge is 0.233 e. The highest BCUT2D eigenvalue weighted by atomic mass is 32.2. The molecule has 0 aliphatic heterocycles. The van der Waals surface area contributed by atoms with Gasteiger partial charge in [-0.1, -0.05) is 0 Å². The Morgan fingerprint density at radius 3 is 2.05 bits per heavy atom. The third kappa shape index (κ3) is 5.89. The van der Waals surface area contributed by atoms with Crippen LogP contribution in [-0.2, 0) is 29.7 Å². The van der Waals surface area contributed by atoms with E-state index in [0.717, 1.165) is 30.7 Å². The second kappa shape index (κ2) is 5.81. The number of anilines is 1. The minimum atomic E-state index is -4.04. The Kier molecular flexibility index (Phi) is 4.90. The molecule has 2 N–H and O–H groups in total. The zero-order valence-corrected chi connectivity index (χ0v) is 13.7. The third-order valence-corrected chi connectivity index (χ3v) is 5.97. The summed E-state index contributed by atoms with van der Waals surface area (Å²) >= 11 is 0. The molecular weight excluding hydrogens is 342 g/mol. The topological polar surface area (TPSA) is 135 Å². The molecule has 0 saturated carbocycles. The Balaban J connectivity index is 3.07. The van der Waals surface area contributed by atoms with Crippen molar-refractivity contribution in [2.45, 2.75) is 4.90 Å². The Bertz CT molecular complexity index is 839. The normalized spacial score (nSPS) is 13.0. The second-order valence-corrected chi connectivity index (χ2v) is 10.6. The average Bonchev–Trinajstić information content (AvgIpc) is 2.27. The predicted octanol–water partition coefficient (Wildman–Crippen LogP) is -0.418. The Hall–Kier alpha value is -1.33. The summed E-state index contributed by atoms with van der Waals surface area (Å²) < 4.78 is 70.1. The van der Waals surface area contributed by atoms with Crippen molar-refractivity contribution in [1.29, 1.82) is 0 Å². The molecule has 0 amide bonds. The maximum atomic E-state index is 11.7.